The summed E-state index contributed by atoms with van der Waals surface area (Å²) in [6.45, 7) is 4.85. The minimum Gasteiger partial charge on any atom is -0.497 e. The number of amides is 1. The van der Waals surface area contributed by atoms with Gasteiger partial charge in [-0.25, -0.2) is 0 Å². The van der Waals surface area contributed by atoms with Crippen LogP contribution in [-0.4, -0.2) is 64.3 Å². The number of aryl methyl sites for hydroxylation is 1. The van der Waals surface area contributed by atoms with Crippen LogP contribution in [0.2, 0.25) is 0 Å². The molecule has 1 N–H and O–H groups in total. The van der Waals surface area contributed by atoms with E-state index in [1.807, 2.05) is 29.2 Å². The number of hydrogen-bond donors (Lipinski definition) is 1. The molecule has 0 aliphatic carbocycles. The molecule has 2 aromatic rings. The first-order valence-corrected chi connectivity index (χ1v) is 8.30. The van der Waals surface area contributed by atoms with E-state index >= 15 is 0 Å². The van der Waals surface area contributed by atoms with Crippen LogP contribution in [0.5, 0.6) is 5.75 Å². The third-order valence-electron chi connectivity index (χ3n) is 4.10. The van der Waals surface area contributed by atoms with Crippen molar-refractivity contribution in [2.24, 2.45) is 0 Å². The van der Waals surface area contributed by atoms with Gasteiger partial charge in [0.2, 0.25) is 0 Å². The van der Waals surface area contributed by atoms with Crippen molar-refractivity contribution in [3.05, 3.63) is 35.7 Å². The van der Waals surface area contributed by atoms with Gasteiger partial charge in [0, 0.05) is 19.6 Å². The maximum Gasteiger partial charge on any atom is 0.272 e. The highest BCUT2D eigenvalue weighted by atomic mass is 16.5. The molecule has 1 fully saturated rings. The first kappa shape index (κ1) is 17.1. The number of tetrazole rings is 1. The zero-order valence-corrected chi connectivity index (χ0v) is 14.5. The number of aromatic nitrogens is 4. The standard InChI is InChI=1S/C17H22N6O2/c1-13-19-20-21-23(13)16(12-14-5-3-6-15(11-14)25-2)17(24)22-9-4-7-18-8-10-22/h3,5-6,11-12,18H,4,7-10H2,1-2H3/b16-12+. The molecule has 132 valence electrons. The van der Waals surface area contributed by atoms with Gasteiger partial charge in [0.15, 0.2) is 5.82 Å². The number of methoxy groups -OCH3 is 1. The second-order valence-electron chi connectivity index (χ2n) is 5.84. The molecule has 0 atom stereocenters. The third kappa shape index (κ3) is 4.03. The molecule has 1 aliphatic heterocycles. The lowest BCUT2D eigenvalue weighted by molar-refractivity contribution is -0.125. The number of ether oxygens (including phenoxy) is 1. The highest BCUT2D eigenvalue weighted by molar-refractivity contribution is 6.18. The molecular weight excluding hydrogens is 320 g/mol. The molecule has 8 nitrogen and oxygen atoms in total. The molecule has 1 amide bonds. The van der Waals surface area contributed by atoms with Gasteiger partial charge >= 0.3 is 0 Å². The van der Waals surface area contributed by atoms with Crippen LogP contribution in [0.25, 0.3) is 11.8 Å². The van der Waals surface area contributed by atoms with Gasteiger partial charge in [0.25, 0.3) is 5.91 Å². The summed E-state index contributed by atoms with van der Waals surface area (Å²) in [6, 6.07) is 7.53. The molecule has 8 heteroatoms. The number of rotatable bonds is 4. The summed E-state index contributed by atoms with van der Waals surface area (Å²) < 4.78 is 6.75. The van der Waals surface area contributed by atoms with Crippen molar-refractivity contribution >= 4 is 17.7 Å². The van der Waals surface area contributed by atoms with Gasteiger partial charge in [0.05, 0.1) is 7.11 Å². The molecule has 0 bridgehead atoms. The minimum atomic E-state index is -0.0816. The van der Waals surface area contributed by atoms with Gasteiger partial charge in [0.1, 0.15) is 11.4 Å². The van der Waals surface area contributed by atoms with Gasteiger partial charge in [-0.15, -0.1) is 5.10 Å². The summed E-state index contributed by atoms with van der Waals surface area (Å²) in [5, 5.41) is 14.9. The Hall–Kier alpha value is -2.74. The topological polar surface area (TPSA) is 85.2 Å². The monoisotopic (exact) mass is 342 g/mol. The quantitative estimate of drug-likeness (QED) is 0.828. The van der Waals surface area contributed by atoms with Crippen LogP contribution in [-0.2, 0) is 4.79 Å². The largest absolute Gasteiger partial charge is 0.497 e. The molecule has 1 aliphatic rings. The van der Waals surface area contributed by atoms with Crippen molar-refractivity contribution in [3.63, 3.8) is 0 Å². The van der Waals surface area contributed by atoms with Crippen LogP contribution >= 0.6 is 0 Å². The maximum atomic E-state index is 13.1. The van der Waals surface area contributed by atoms with Crippen molar-refractivity contribution in [3.8, 4) is 5.75 Å². The summed E-state index contributed by atoms with van der Waals surface area (Å²) in [5.41, 5.74) is 1.28. The van der Waals surface area contributed by atoms with E-state index in [1.165, 1.54) is 4.68 Å². The van der Waals surface area contributed by atoms with Crippen LogP contribution in [0, 0.1) is 6.92 Å². The van der Waals surface area contributed by atoms with Gasteiger partial charge < -0.3 is 15.0 Å². The summed E-state index contributed by atoms with van der Waals surface area (Å²) in [5.74, 6) is 1.21. The molecule has 0 radical (unpaired) electrons. The molecule has 3 rings (SSSR count). The zero-order chi connectivity index (χ0) is 17.6. The van der Waals surface area contributed by atoms with Crippen LogP contribution in [0.3, 0.4) is 0 Å². The normalized spacial score (nSPS) is 15.8. The van der Waals surface area contributed by atoms with E-state index in [1.54, 1.807) is 20.1 Å². The lowest BCUT2D eigenvalue weighted by Gasteiger charge is -2.21. The number of benzene rings is 1. The summed E-state index contributed by atoms with van der Waals surface area (Å²) in [4.78, 5) is 15.0. The number of nitrogens with zero attached hydrogens (tertiary/aromatic N) is 5. The number of hydrogen-bond acceptors (Lipinski definition) is 6. The van der Waals surface area contributed by atoms with Crippen LogP contribution in [0.15, 0.2) is 24.3 Å². The fourth-order valence-corrected chi connectivity index (χ4v) is 2.77. The fourth-order valence-electron chi connectivity index (χ4n) is 2.77. The molecule has 1 aromatic heterocycles. The molecule has 25 heavy (non-hydrogen) atoms. The van der Waals surface area contributed by atoms with Crippen LogP contribution in [0.1, 0.15) is 17.8 Å². The predicted octanol–water partition coefficient (Wildman–Crippen LogP) is 0.810. The van der Waals surface area contributed by atoms with Crippen molar-refractivity contribution in [1.29, 1.82) is 0 Å². The summed E-state index contributed by atoms with van der Waals surface area (Å²) >= 11 is 0. The Morgan fingerprint density at radius 3 is 2.96 bits per heavy atom. The Kier molecular flexibility index (Phi) is 5.39. The number of carbonyl (C=O) groups is 1. The number of nitrogens with one attached hydrogen (secondary N) is 1. The van der Waals surface area contributed by atoms with Gasteiger partial charge in [-0.1, -0.05) is 12.1 Å². The van der Waals surface area contributed by atoms with Crippen molar-refractivity contribution < 1.29 is 9.53 Å². The number of carbonyl (C=O) groups excluding carboxylic acids is 1. The predicted molar refractivity (Wildman–Crippen MR) is 93.8 cm³/mol. The van der Waals surface area contributed by atoms with Crippen molar-refractivity contribution in [2.75, 3.05) is 33.3 Å². The van der Waals surface area contributed by atoms with E-state index in [0.717, 1.165) is 30.8 Å². The molecule has 1 aromatic carbocycles. The van der Waals surface area contributed by atoms with Gasteiger partial charge in [-0.05, 0) is 54.1 Å². The molecule has 0 spiro atoms. The van der Waals surface area contributed by atoms with Crippen LogP contribution < -0.4 is 10.1 Å². The summed E-state index contributed by atoms with van der Waals surface area (Å²) in [7, 11) is 1.62. The maximum absolute atomic E-state index is 13.1. The second-order valence-corrected chi connectivity index (χ2v) is 5.84. The fraction of sp³-hybridized carbons (Fsp3) is 0.412. The highest BCUT2D eigenvalue weighted by Gasteiger charge is 2.23. The Labute approximate surface area is 146 Å². The zero-order valence-electron chi connectivity index (χ0n) is 14.5. The second kappa shape index (κ2) is 7.89. The SMILES string of the molecule is COc1cccc(/C=C(\C(=O)N2CCCNCC2)n2nnnc2C)c1. The van der Waals surface area contributed by atoms with Crippen molar-refractivity contribution in [1.82, 2.24) is 30.4 Å². The van der Waals surface area contributed by atoms with E-state index in [2.05, 4.69) is 20.8 Å². The third-order valence-corrected chi connectivity index (χ3v) is 4.10. The average molecular weight is 342 g/mol. The van der Waals surface area contributed by atoms with Gasteiger partial charge in [-0.3, -0.25) is 4.79 Å². The Bertz CT molecular complexity index is 762. The van der Waals surface area contributed by atoms with E-state index in [9.17, 15) is 4.79 Å². The lowest BCUT2D eigenvalue weighted by Crippen LogP contribution is -2.36. The average Bonchev–Trinajstić information content (AvgIpc) is 2.88. The Morgan fingerprint density at radius 1 is 1.32 bits per heavy atom. The van der Waals surface area contributed by atoms with E-state index < -0.39 is 0 Å². The molecule has 0 saturated carbocycles. The molecule has 1 saturated heterocycles. The Balaban J connectivity index is 1.99. The van der Waals surface area contributed by atoms with Crippen LogP contribution in [0.4, 0.5) is 0 Å². The first-order valence-electron chi connectivity index (χ1n) is 8.30. The molecule has 2 heterocycles. The van der Waals surface area contributed by atoms with Gasteiger partial charge in [-0.2, -0.15) is 4.68 Å². The van der Waals surface area contributed by atoms with E-state index in [4.69, 9.17) is 4.74 Å². The molecule has 0 unspecified atom stereocenters. The Morgan fingerprint density at radius 2 is 2.20 bits per heavy atom. The smallest absolute Gasteiger partial charge is 0.272 e. The minimum absolute atomic E-state index is 0.0816. The van der Waals surface area contributed by atoms with E-state index in [0.29, 0.717) is 24.6 Å². The lowest BCUT2D eigenvalue weighted by atomic mass is 10.1. The van der Waals surface area contributed by atoms with Crippen molar-refractivity contribution in [2.45, 2.75) is 13.3 Å². The first-order chi connectivity index (χ1) is 12.2. The summed E-state index contributed by atoms with van der Waals surface area (Å²) in [6.07, 6.45) is 2.72. The van der Waals surface area contributed by atoms with E-state index in [-0.39, 0.29) is 5.91 Å². The highest BCUT2D eigenvalue weighted by Crippen LogP contribution is 2.19. The molecular formula is C17H22N6O2.